The SMILES string of the molecule is C#CCn1c(=NC(=O)c2cc(OC)cc(OC)c2)sc2cc(S(N)(=O)=O)ccc21. The highest BCUT2D eigenvalue weighted by molar-refractivity contribution is 7.89. The van der Waals surface area contributed by atoms with Crippen molar-refractivity contribution in [3.8, 4) is 23.8 Å². The maximum atomic E-state index is 12.8. The monoisotopic (exact) mass is 431 g/mol. The molecule has 0 aliphatic heterocycles. The number of sulfonamides is 1. The number of hydrogen-bond acceptors (Lipinski definition) is 6. The molecule has 1 amide bonds. The summed E-state index contributed by atoms with van der Waals surface area (Å²) >= 11 is 1.13. The Bertz CT molecular complexity index is 1290. The number of methoxy groups -OCH3 is 2. The van der Waals surface area contributed by atoms with Crippen LogP contribution in [0.2, 0.25) is 0 Å². The average Bonchev–Trinajstić information content (AvgIpc) is 3.03. The van der Waals surface area contributed by atoms with Crippen LogP contribution >= 0.6 is 11.3 Å². The molecule has 0 saturated heterocycles. The van der Waals surface area contributed by atoms with Crippen molar-refractivity contribution in [2.45, 2.75) is 11.4 Å². The molecule has 1 heterocycles. The van der Waals surface area contributed by atoms with Crippen molar-refractivity contribution in [2.24, 2.45) is 10.1 Å². The number of nitrogens with zero attached hydrogens (tertiary/aromatic N) is 2. The Morgan fingerprint density at radius 2 is 1.86 bits per heavy atom. The number of benzene rings is 2. The number of ether oxygens (including phenoxy) is 2. The van der Waals surface area contributed by atoms with Gasteiger partial charge < -0.3 is 14.0 Å². The Balaban J connectivity index is 2.17. The van der Waals surface area contributed by atoms with Gasteiger partial charge in [0.15, 0.2) is 4.80 Å². The minimum absolute atomic E-state index is 0.0329. The number of hydrogen-bond donors (Lipinski definition) is 1. The molecule has 0 atom stereocenters. The van der Waals surface area contributed by atoms with Gasteiger partial charge in [-0.25, -0.2) is 13.6 Å². The zero-order chi connectivity index (χ0) is 21.2. The van der Waals surface area contributed by atoms with E-state index >= 15 is 0 Å². The second-order valence-electron chi connectivity index (χ2n) is 5.87. The predicted octanol–water partition coefficient (Wildman–Crippen LogP) is 1.74. The summed E-state index contributed by atoms with van der Waals surface area (Å²) in [6, 6.07) is 9.14. The standard InChI is InChI=1S/C19H17N3O5S2/c1-4-7-22-16-6-5-15(29(20,24)25)11-17(16)28-19(22)21-18(23)12-8-13(26-2)10-14(9-12)27-3/h1,5-6,8-11H,7H2,2-3H3,(H2,20,24,25). The van der Waals surface area contributed by atoms with Gasteiger partial charge in [-0.3, -0.25) is 4.79 Å². The second kappa shape index (κ2) is 8.08. The maximum absolute atomic E-state index is 12.8. The number of carbonyl (C=O) groups excluding carboxylic acids is 1. The van der Waals surface area contributed by atoms with Crippen LogP contribution in [0.3, 0.4) is 0 Å². The van der Waals surface area contributed by atoms with Gasteiger partial charge in [-0.15, -0.1) is 6.42 Å². The van der Waals surface area contributed by atoms with Crippen LogP contribution in [-0.2, 0) is 16.6 Å². The third kappa shape index (κ3) is 4.32. The number of thiazole rings is 1. The van der Waals surface area contributed by atoms with E-state index < -0.39 is 15.9 Å². The molecule has 0 spiro atoms. The number of amides is 1. The summed E-state index contributed by atoms with van der Waals surface area (Å²) in [4.78, 5) is 17.2. The van der Waals surface area contributed by atoms with Crippen molar-refractivity contribution in [3.05, 3.63) is 46.8 Å². The largest absolute Gasteiger partial charge is 0.497 e. The van der Waals surface area contributed by atoms with Crippen LogP contribution in [0.1, 0.15) is 10.4 Å². The molecule has 0 aliphatic rings. The van der Waals surface area contributed by atoms with Crippen LogP contribution in [0.4, 0.5) is 0 Å². The van der Waals surface area contributed by atoms with Crippen LogP contribution in [0.25, 0.3) is 10.2 Å². The summed E-state index contributed by atoms with van der Waals surface area (Å²) in [5.41, 5.74) is 0.922. The summed E-state index contributed by atoms with van der Waals surface area (Å²) in [6.07, 6.45) is 5.45. The zero-order valence-electron chi connectivity index (χ0n) is 15.6. The van der Waals surface area contributed by atoms with Gasteiger partial charge >= 0.3 is 0 Å². The van der Waals surface area contributed by atoms with E-state index in [9.17, 15) is 13.2 Å². The normalized spacial score (nSPS) is 12.0. The molecule has 2 N–H and O–H groups in total. The van der Waals surface area contributed by atoms with Gasteiger partial charge in [0.25, 0.3) is 5.91 Å². The molecule has 2 aromatic carbocycles. The van der Waals surface area contributed by atoms with Gasteiger partial charge in [0.2, 0.25) is 10.0 Å². The Labute approximate surface area is 171 Å². The van der Waals surface area contributed by atoms with E-state index in [0.29, 0.717) is 26.5 Å². The van der Waals surface area contributed by atoms with Gasteiger partial charge in [-0.2, -0.15) is 4.99 Å². The molecule has 0 aliphatic carbocycles. The number of aromatic nitrogens is 1. The van der Waals surface area contributed by atoms with Crippen molar-refractivity contribution < 1.29 is 22.7 Å². The molecule has 1 aromatic heterocycles. The van der Waals surface area contributed by atoms with E-state index in [0.717, 1.165) is 11.3 Å². The van der Waals surface area contributed by atoms with E-state index in [-0.39, 0.29) is 17.0 Å². The Kier molecular flexibility index (Phi) is 5.74. The first-order chi connectivity index (χ1) is 13.8. The second-order valence-corrected chi connectivity index (χ2v) is 8.44. The number of terminal acetylenes is 1. The van der Waals surface area contributed by atoms with Crippen molar-refractivity contribution in [1.29, 1.82) is 0 Å². The van der Waals surface area contributed by atoms with Crippen LogP contribution in [-0.4, -0.2) is 33.1 Å². The van der Waals surface area contributed by atoms with Gasteiger partial charge in [0.05, 0.1) is 35.9 Å². The highest BCUT2D eigenvalue weighted by Gasteiger charge is 2.14. The fraction of sp³-hybridized carbons (Fsp3) is 0.158. The molecule has 3 rings (SSSR count). The maximum Gasteiger partial charge on any atom is 0.279 e. The van der Waals surface area contributed by atoms with Gasteiger partial charge in [-0.1, -0.05) is 17.3 Å². The number of carbonyl (C=O) groups is 1. The summed E-state index contributed by atoms with van der Waals surface area (Å²) in [7, 11) is -0.895. The van der Waals surface area contributed by atoms with E-state index in [2.05, 4.69) is 10.9 Å². The average molecular weight is 431 g/mol. The molecular formula is C19H17N3O5S2. The third-order valence-electron chi connectivity index (χ3n) is 4.03. The number of fused-ring (bicyclic) bond motifs is 1. The predicted molar refractivity (Wildman–Crippen MR) is 109 cm³/mol. The van der Waals surface area contributed by atoms with Crippen molar-refractivity contribution >= 4 is 37.5 Å². The van der Waals surface area contributed by atoms with Crippen LogP contribution in [0, 0.1) is 12.3 Å². The van der Waals surface area contributed by atoms with E-state index in [4.69, 9.17) is 21.0 Å². The summed E-state index contributed by atoms with van der Waals surface area (Å²) in [6.45, 7) is 0.155. The quantitative estimate of drug-likeness (QED) is 0.618. The fourth-order valence-electron chi connectivity index (χ4n) is 2.64. The topological polar surface area (TPSA) is 113 Å². The Morgan fingerprint density at radius 1 is 1.21 bits per heavy atom. The first kappa shape index (κ1) is 20.6. The highest BCUT2D eigenvalue weighted by atomic mass is 32.2. The lowest BCUT2D eigenvalue weighted by Crippen LogP contribution is -2.16. The van der Waals surface area contributed by atoms with Crippen LogP contribution in [0.5, 0.6) is 11.5 Å². The molecule has 3 aromatic rings. The molecule has 10 heteroatoms. The smallest absolute Gasteiger partial charge is 0.279 e. The van der Waals surface area contributed by atoms with E-state index in [1.54, 1.807) is 28.8 Å². The molecule has 150 valence electrons. The van der Waals surface area contributed by atoms with Crippen LogP contribution < -0.4 is 19.4 Å². The minimum Gasteiger partial charge on any atom is -0.497 e. The van der Waals surface area contributed by atoms with E-state index in [1.165, 1.54) is 26.4 Å². The van der Waals surface area contributed by atoms with Crippen molar-refractivity contribution in [3.63, 3.8) is 0 Å². The molecule has 0 fully saturated rings. The first-order valence-electron chi connectivity index (χ1n) is 8.18. The molecule has 0 unspecified atom stereocenters. The third-order valence-corrected chi connectivity index (χ3v) is 5.98. The number of nitrogens with two attached hydrogens (primary N) is 1. The minimum atomic E-state index is -3.86. The molecular weight excluding hydrogens is 414 g/mol. The van der Waals surface area contributed by atoms with E-state index in [1.807, 2.05) is 0 Å². The first-order valence-corrected chi connectivity index (χ1v) is 10.5. The lowest BCUT2D eigenvalue weighted by atomic mass is 10.2. The molecule has 0 radical (unpaired) electrons. The summed E-state index contributed by atoms with van der Waals surface area (Å²) in [5.74, 6) is 2.90. The zero-order valence-corrected chi connectivity index (χ0v) is 17.2. The Hall–Kier alpha value is -3.13. The summed E-state index contributed by atoms with van der Waals surface area (Å²) in [5, 5.41) is 5.20. The van der Waals surface area contributed by atoms with Crippen molar-refractivity contribution in [2.75, 3.05) is 14.2 Å². The van der Waals surface area contributed by atoms with Gasteiger partial charge in [0.1, 0.15) is 11.5 Å². The number of rotatable bonds is 5. The molecule has 0 saturated carbocycles. The lowest BCUT2D eigenvalue weighted by Gasteiger charge is -2.06. The van der Waals surface area contributed by atoms with Crippen molar-refractivity contribution in [1.82, 2.24) is 4.57 Å². The van der Waals surface area contributed by atoms with Crippen LogP contribution in [0.15, 0.2) is 46.3 Å². The summed E-state index contributed by atoms with van der Waals surface area (Å²) < 4.78 is 35.8. The highest BCUT2D eigenvalue weighted by Crippen LogP contribution is 2.24. The molecule has 8 nitrogen and oxygen atoms in total. The Morgan fingerprint density at radius 3 is 2.41 bits per heavy atom. The number of primary sulfonamides is 1. The fourth-order valence-corrected chi connectivity index (χ4v) is 4.32. The lowest BCUT2D eigenvalue weighted by molar-refractivity contribution is 0.0997. The van der Waals surface area contributed by atoms with Gasteiger partial charge in [-0.05, 0) is 30.3 Å². The molecule has 29 heavy (non-hydrogen) atoms. The molecule has 0 bridgehead atoms. The van der Waals surface area contributed by atoms with Gasteiger partial charge in [0, 0.05) is 11.6 Å².